The molecule has 1 heterocycles. The highest BCUT2D eigenvalue weighted by Gasteiger charge is 1.98. The lowest BCUT2D eigenvalue weighted by Crippen LogP contribution is -2.36. The predicted octanol–water partition coefficient (Wildman–Crippen LogP) is 0.275. The fourth-order valence-electron chi connectivity index (χ4n) is 1.26. The highest BCUT2D eigenvalue weighted by Crippen LogP contribution is 1.95. The number of aryl methyl sites for hydroxylation is 1. The van der Waals surface area contributed by atoms with Crippen LogP contribution < -0.4 is 11.1 Å². The summed E-state index contributed by atoms with van der Waals surface area (Å²) in [5.41, 5.74) is 5.66. The summed E-state index contributed by atoms with van der Waals surface area (Å²) in [6.45, 7) is 4.72. The van der Waals surface area contributed by atoms with Crippen LogP contribution in [0.4, 0.5) is 0 Å². The van der Waals surface area contributed by atoms with Crippen molar-refractivity contribution in [3.8, 4) is 0 Å². The van der Waals surface area contributed by atoms with Gasteiger partial charge in [0.1, 0.15) is 5.82 Å². The van der Waals surface area contributed by atoms with Gasteiger partial charge in [0.25, 0.3) is 0 Å². The maximum absolute atomic E-state index is 5.66. The number of hydrogen-bond acceptors (Lipinski definition) is 2. The van der Waals surface area contributed by atoms with Gasteiger partial charge in [-0.3, -0.25) is 4.99 Å². The molecule has 5 nitrogen and oxygen atoms in total. The van der Waals surface area contributed by atoms with Crippen molar-refractivity contribution in [2.75, 3.05) is 6.54 Å². The average Bonchev–Trinajstić information content (AvgIpc) is 2.50. The summed E-state index contributed by atoms with van der Waals surface area (Å²) in [5, 5.41) is 3.04. The van der Waals surface area contributed by atoms with E-state index in [2.05, 4.69) is 15.3 Å². The zero-order valence-electron chi connectivity index (χ0n) is 9.57. The van der Waals surface area contributed by atoms with E-state index in [0.717, 1.165) is 12.2 Å². The third-order valence-electron chi connectivity index (χ3n) is 1.98. The molecule has 0 unspecified atom stereocenters. The Labute approximate surface area is 90.4 Å². The molecule has 15 heavy (non-hydrogen) atoms. The fraction of sp³-hybridized carbons (Fsp3) is 0.600. The summed E-state index contributed by atoms with van der Waals surface area (Å²) < 4.78 is 1.99. The Bertz CT molecular complexity index is 326. The zero-order chi connectivity index (χ0) is 11.3. The van der Waals surface area contributed by atoms with Crippen LogP contribution in [0.1, 0.15) is 19.7 Å². The van der Waals surface area contributed by atoms with Crippen molar-refractivity contribution in [1.29, 1.82) is 0 Å². The number of rotatable bonds is 4. The van der Waals surface area contributed by atoms with Crippen molar-refractivity contribution in [1.82, 2.24) is 14.9 Å². The number of guanidine groups is 1. The molecule has 3 N–H and O–H groups in total. The Hall–Kier alpha value is -1.52. The van der Waals surface area contributed by atoms with Crippen molar-refractivity contribution >= 4 is 5.96 Å². The smallest absolute Gasteiger partial charge is 0.188 e. The van der Waals surface area contributed by atoms with Crippen LogP contribution in [0.2, 0.25) is 0 Å². The van der Waals surface area contributed by atoms with Gasteiger partial charge in [-0.2, -0.15) is 0 Å². The third kappa shape index (κ3) is 4.01. The zero-order valence-corrected chi connectivity index (χ0v) is 9.57. The number of hydrogen-bond donors (Lipinski definition) is 2. The highest BCUT2D eigenvalue weighted by molar-refractivity contribution is 5.78. The third-order valence-corrected chi connectivity index (χ3v) is 1.98. The largest absolute Gasteiger partial charge is 0.370 e. The van der Waals surface area contributed by atoms with Gasteiger partial charge in [-0.05, 0) is 13.8 Å². The molecule has 0 atom stereocenters. The van der Waals surface area contributed by atoms with Gasteiger partial charge in [0.05, 0.1) is 0 Å². The molecule has 0 bridgehead atoms. The molecule has 1 aromatic heterocycles. The molecular weight excluding hydrogens is 190 g/mol. The highest BCUT2D eigenvalue weighted by atomic mass is 15.1. The first-order valence-corrected chi connectivity index (χ1v) is 5.12. The maximum Gasteiger partial charge on any atom is 0.188 e. The topological polar surface area (TPSA) is 68.2 Å². The van der Waals surface area contributed by atoms with Gasteiger partial charge in [0.2, 0.25) is 0 Å². The van der Waals surface area contributed by atoms with E-state index in [1.807, 2.05) is 31.7 Å². The van der Waals surface area contributed by atoms with Gasteiger partial charge >= 0.3 is 0 Å². The minimum atomic E-state index is 0.321. The molecule has 0 aliphatic rings. The monoisotopic (exact) mass is 209 g/mol. The summed E-state index contributed by atoms with van der Waals surface area (Å²) in [5.74, 6) is 1.52. The maximum atomic E-state index is 5.66. The molecule has 0 radical (unpaired) electrons. The lowest BCUT2D eigenvalue weighted by Gasteiger charge is -2.08. The molecule has 0 aliphatic carbocycles. The molecule has 0 amide bonds. The molecule has 0 aliphatic heterocycles. The number of aromatic nitrogens is 2. The first-order valence-electron chi connectivity index (χ1n) is 5.12. The fourth-order valence-corrected chi connectivity index (χ4v) is 1.26. The van der Waals surface area contributed by atoms with Gasteiger partial charge in [-0.1, -0.05) is 0 Å². The Morgan fingerprint density at radius 1 is 1.67 bits per heavy atom. The number of imidazole rings is 1. The summed E-state index contributed by atoms with van der Waals surface area (Å²) in [6.07, 6.45) is 4.52. The van der Waals surface area contributed by atoms with Crippen molar-refractivity contribution < 1.29 is 0 Å². The van der Waals surface area contributed by atoms with Gasteiger partial charge in [0.15, 0.2) is 5.96 Å². The molecule has 0 saturated heterocycles. The second-order valence-electron chi connectivity index (χ2n) is 3.77. The number of nitrogens with zero attached hydrogens (tertiary/aromatic N) is 3. The predicted molar refractivity (Wildman–Crippen MR) is 61.7 cm³/mol. The molecule has 1 aromatic rings. The number of aliphatic imine (C=N–C) groups is 1. The second-order valence-corrected chi connectivity index (χ2v) is 3.77. The van der Waals surface area contributed by atoms with Crippen LogP contribution >= 0.6 is 0 Å². The number of nitrogens with one attached hydrogen (secondary N) is 1. The Morgan fingerprint density at radius 3 is 2.93 bits per heavy atom. The summed E-state index contributed by atoms with van der Waals surface area (Å²) >= 11 is 0. The lowest BCUT2D eigenvalue weighted by molar-refractivity contribution is 0.719. The molecule has 0 aromatic carbocycles. The van der Waals surface area contributed by atoms with E-state index in [4.69, 9.17) is 5.73 Å². The van der Waals surface area contributed by atoms with E-state index in [9.17, 15) is 0 Å². The van der Waals surface area contributed by atoms with E-state index >= 15 is 0 Å². The van der Waals surface area contributed by atoms with Gasteiger partial charge in [0, 0.05) is 38.4 Å². The minimum Gasteiger partial charge on any atom is -0.370 e. The van der Waals surface area contributed by atoms with Crippen molar-refractivity contribution in [3.05, 3.63) is 18.2 Å². The van der Waals surface area contributed by atoms with Crippen LogP contribution in [0.5, 0.6) is 0 Å². The van der Waals surface area contributed by atoms with Crippen LogP contribution in [0.25, 0.3) is 0 Å². The van der Waals surface area contributed by atoms with E-state index in [1.54, 1.807) is 6.20 Å². The van der Waals surface area contributed by atoms with E-state index in [1.165, 1.54) is 0 Å². The molecule has 5 heteroatoms. The minimum absolute atomic E-state index is 0.321. The molecule has 0 spiro atoms. The van der Waals surface area contributed by atoms with Crippen LogP contribution in [-0.4, -0.2) is 28.1 Å². The first kappa shape index (κ1) is 11.6. The summed E-state index contributed by atoms with van der Waals surface area (Å²) in [7, 11) is 1.97. The van der Waals surface area contributed by atoms with Crippen molar-refractivity contribution in [2.24, 2.45) is 17.8 Å². The molecule has 84 valence electrons. The molecule has 0 saturated carbocycles. The van der Waals surface area contributed by atoms with Gasteiger partial charge < -0.3 is 15.6 Å². The van der Waals surface area contributed by atoms with Crippen LogP contribution in [-0.2, 0) is 13.5 Å². The quantitative estimate of drug-likeness (QED) is 0.552. The van der Waals surface area contributed by atoms with E-state index in [0.29, 0.717) is 18.5 Å². The second kappa shape index (κ2) is 5.38. The summed E-state index contributed by atoms with van der Waals surface area (Å²) in [4.78, 5) is 8.42. The van der Waals surface area contributed by atoms with Gasteiger partial charge in [-0.15, -0.1) is 0 Å². The van der Waals surface area contributed by atoms with Crippen LogP contribution in [0.15, 0.2) is 17.4 Å². The van der Waals surface area contributed by atoms with E-state index < -0.39 is 0 Å². The molecule has 1 rings (SSSR count). The van der Waals surface area contributed by atoms with E-state index in [-0.39, 0.29) is 0 Å². The Morgan fingerprint density at radius 2 is 2.40 bits per heavy atom. The average molecular weight is 209 g/mol. The molecule has 0 fully saturated rings. The van der Waals surface area contributed by atoms with Crippen molar-refractivity contribution in [2.45, 2.75) is 26.3 Å². The summed E-state index contributed by atoms with van der Waals surface area (Å²) in [6, 6.07) is 0.321. The van der Waals surface area contributed by atoms with Crippen LogP contribution in [0, 0.1) is 0 Å². The van der Waals surface area contributed by atoms with Crippen molar-refractivity contribution in [3.63, 3.8) is 0 Å². The molecular formula is C10H19N5. The number of nitrogens with two attached hydrogens (primary N) is 1. The SMILES string of the molecule is CC(C)NC(N)=NCCc1nccn1C. The van der Waals surface area contributed by atoms with Gasteiger partial charge in [-0.25, -0.2) is 4.98 Å². The normalized spacial score (nSPS) is 12.1. The first-order chi connectivity index (χ1) is 7.09. The Kier molecular flexibility index (Phi) is 4.15. The Balaban J connectivity index is 2.35. The lowest BCUT2D eigenvalue weighted by atomic mass is 10.4. The van der Waals surface area contributed by atoms with Crippen LogP contribution in [0.3, 0.4) is 0 Å². The standard InChI is InChI=1S/C10H19N5/c1-8(2)14-10(11)13-5-4-9-12-6-7-15(9)3/h6-8H,4-5H2,1-3H3,(H3,11,13,14).